The monoisotopic (exact) mass is 522 g/mol. The number of amides is 2. The van der Waals surface area contributed by atoms with E-state index in [1.165, 1.54) is 0 Å². The third-order valence-electron chi connectivity index (χ3n) is 5.45. The predicted octanol–water partition coefficient (Wildman–Crippen LogP) is 5.38. The van der Waals surface area contributed by atoms with Crippen LogP contribution in [0.5, 0.6) is 5.75 Å². The van der Waals surface area contributed by atoms with Crippen molar-refractivity contribution in [3.63, 3.8) is 0 Å². The zero-order valence-corrected chi connectivity index (χ0v) is 21.0. The highest BCUT2D eigenvalue weighted by Crippen LogP contribution is 2.18. The lowest BCUT2D eigenvalue weighted by Crippen LogP contribution is -2.51. The van der Waals surface area contributed by atoms with Crippen molar-refractivity contribution >= 4 is 27.7 Å². The number of rotatable bonds is 12. The van der Waals surface area contributed by atoms with Gasteiger partial charge in [-0.15, -0.1) is 0 Å². The van der Waals surface area contributed by atoms with Crippen LogP contribution in [-0.2, 0) is 22.6 Å². The Labute approximate surface area is 210 Å². The van der Waals surface area contributed by atoms with E-state index in [2.05, 4.69) is 28.2 Å². The Morgan fingerprint density at radius 1 is 0.941 bits per heavy atom. The Morgan fingerprint density at radius 2 is 1.62 bits per heavy atom. The lowest BCUT2D eigenvalue weighted by atomic mass is 10.0. The molecule has 0 fully saturated rings. The molecule has 3 aromatic carbocycles. The van der Waals surface area contributed by atoms with Gasteiger partial charge in [0.05, 0.1) is 0 Å². The van der Waals surface area contributed by atoms with Crippen LogP contribution in [-0.4, -0.2) is 35.9 Å². The first kappa shape index (κ1) is 25.5. The van der Waals surface area contributed by atoms with Crippen molar-refractivity contribution in [2.45, 2.75) is 38.8 Å². The van der Waals surface area contributed by atoms with Crippen LogP contribution >= 0.6 is 15.9 Å². The zero-order chi connectivity index (χ0) is 24.2. The number of carbonyl (C=O) groups is 2. The maximum absolute atomic E-state index is 13.5. The third kappa shape index (κ3) is 8.03. The van der Waals surface area contributed by atoms with E-state index in [1.807, 2.05) is 84.9 Å². The van der Waals surface area contributed by atoms with Crippen LogP contribution in [0.1, 0.15) is 30.9 Å². The molecular formula is C28H31BrN2O3. The first-order chi connectivity index (χ1) is 16.6. The molecule has 34 heavy (non-hydrogen) atoms. The molecule has 0 aromatic heterocycles. The zero-order valence-electron chi connectivity index (χ0n) is 19.5. The number of carbonyl (C=O) groups excluding carboxylic acids is 2. The van der Waals surface area contributed by atoms with Gasteiger partial charge in [-0.25, -0.2) is 0 Å². The number of hydrogen-bond donors (Lipinski definition) is 1. The van der Waals surface area contributed by atoms with Gasteiger partial charge in [0.15, 0.2) is 6.61 Å². The van der Waals surface area contributed by atoms with Crippen LogP contribution in [0.4, 0.5) is 0 Å². The average Bonchev–Trinajstić information content (AvgIpc) is 2.86. The van der Waals surface area contributed by atoms with E-state index in [-0.39, 0.29) is 18.4 Å². The van der Waals surface area contributed by atoms with E-state index in [4.69, 9.17) is 4.74 Å². The van der Waals surface area contributed by atoms with E-state index in [1.54, 1.807) is 4.90 Å². The fourth-order valence-electron chi connectivity index (χ4n) is 3.64. The summed E-state index contributed by atoms with van der Waals surface area (Å²) < 4.78 is 6.68. The van der Waals surface area contributed by atoms with Crippen molar-refractivity contribution < 1.29 is 14.3 Å². The van der Waals surface area contributed by atoms with E-state index >= 15 is 0 Å². The normalized spacial score (nSPS) is 11.5. The second kappa shape index (κ2) is 13.6. The van der Waals surface area contributed by atoms with Crippen LogP contribution in [0.2, 0.25) is 0 Å². The van der Waals surface area contributed by atoms with Crippen LogP contribution in [0, 0.1) is 0 Å². The summed E-state index contributed by atoms with van der Waals surface area (Å²) >= 11 is 3.50. The van der Waals surface area contributed by atoms with Crippen molar-refractivity contribution in [1.82, 2.24) is 10.2 Å². The molecule has 0 bridgehead atoms. The van der Waals surface area contributed by atoms with Crippen molar-refractivity contribution in [3.05, 3.63) is 101 Å². The molecule has 0 radical (unpaired) electrons. The minimum Gasteiger partial charge on any atom is -0.484 e. The van der Waals surface area contributed by atoms with Gasteiger partial charge in [0.2, 0.25) is 5.91 Å². The molecule has 0 spiro atoms. The molecule has 3 rings (SSSR count). The van der Waals surface area contributed by atoms with Gasteiger partial charge in [-0.3, -0.25) is 9.59 Å². The molecule has 1 N–H and O–H groups in total. The fourth-order valence-corrected chi connectivity index (χ4v) is 4.08. The number of para-hydroxylation sites is 1. The summed E-state index contributed by atoms with van der Waals surface area (Å²) in [6.07, 6.45) is 2.29. The van der Waals surface area contributed by atoms with Crippen LogP contribution < -0.4 is 10.1 Å². The molecule has 3 aromatic rings. The summed E-state index contributed by atoms with van der Waals surface area (Å²) in [5.74, 6) is 0.223. The summed E-state index contributed by atoms with van der Waals surface area (Å²) in [5, 5.41) is 3.03. The van der Waals surface area contributed by atoms with Crippen LogP contribution in [0.15, 0.2) is 89.4 Å². The Kier molecular flexibility index (Phi) is 10.2. The van der Waals surface area contributed by atoms with E-state index < -0.39 is 6.04 Å². The average molecular weight is 523 g/mol. The van der Waals surface area contributed by atoms with Crippen molar-refractivity contribution in [3.8, 4) is 5.75 Å². The maximum atomic E-state index is 13.5. The van der Waals surface area contributed by atoms with Crippen molar-refractivity contribution in [2.24, 2.45) is 0 Å². The first-order valence-electron chi connectivity index (χ1n) is 11.6. The summed E-state index contributed by atoms with van der Waals surface area (Å²) in [6.45, 7) is 2.82. The van der Waals surface area contributed by atoms with Gasteiger partial charge in [-0.1, -0.05) is 89.9 Å². The molecule has 0 heterocycles. The third-order valence-corrected chi connectivity index (χ3v) is 5.94. The van der Waals surface area contributed by atoms with Crippen LogP contribution in [0.25, 0.3) is 0 Å². The Balaban J connectivity index is 1.87. The molecule has 0 saturated heterocycles. The summed E-state index contributed by atoms with van der Waals surface area (Å²) in [6, 6.07) is 26.2. The Hall–Kier alpha value is -3.12. The summed E-state index contributed by atoms with van der Waals surface area (Å²) in [5.41, 5.74) is 1.93. The highest BCUT2D eigenvalue weighted by Gasteiger charge is 2.30. The van der Waals surface area contributed by atoms with E-state index in [9.17, 15) is 9.59 Å². The summed E-state index contributed by atoms with van der Waals surface area (Å²) in [4.78, 5) is 28.5. The van der Waals surface area contributed by atoms with Crippen molar-refractivity contribution in [2.75, 3.05) is 13.2 Å². The van der Waals surface area contributed by atoms with Gasteiger partial charge in [0, 0.05) is 24.0 Å². The van der Waals surface area contributed by atoms with Gasteiger partial charge in [0.25, 0.3) is 5.91 Å². The number of ether oxygens (including phenoxy) is 1. The predicted molar refractivity (Wildman–Crippen MR) is 138 cm³/mol. The second-order valence-electron chi connectivity index (χ2n) is 8.10. The molecule has 0 unspecified atom stereocenters. The maximum Gasteiger partial charge on any atom is 0.261 e. The number of nitrogens with one attached hydrogen (secondary N) is 1. The lowest BCUT2D eigenvalue weighted by molar-refractivity contribution is -0.142. The lowest BCUT2D eigenvalue weighted by Gasteiger charge is -2.31. The highest BCUT2D eigenvalue weighted by atomic mass is 79.9. The number of halogens is 1. The fraction of sp³-hybridized carbons (Fsp3) is 0.286. The van der Waals surface area contributed by atoms with Gasteiger partial charge in [0.1, 0.15) is 11.8 Å². The minimum absolute atomic E-state index is 0.147. The molecule has 5 nitrogen and oxygen atoms in total. The first-order valence-corrected chi connectivity index (χ1v) is 12.4. The largest absolute Gasteiger partial charge is 0.484 e. The SMILES string of the molecule is CCCCNC(=O)[C@@H](Cc1ccccc1)N(Cc1cccc(Br)c1)C(=O)COc1ccccc1. The summed E-state index contributed by atoms with van der Waals surface area (Å²) in [7, 11) is 0. The van der Waals surface area contributed by atoms with Crippen LogP contribution in [0.3, 0.4) is 0 Å². The van der Waals surface area contributed by atoms with Gasteiger partial charge in [-0.2, -0.15) is 0 Å². The molecule has 2 amide bonds. The Bertz CT molecular complexity index is 1040. The van der Waals surface area contributed by atoms with Gasteiger partial charge < -0.3 is 15.0 Å². The Morgan fingerprint density at radius 3 is 2.29 bits per heavy atom. The second-order valence-corrected chi connectivity index (χ2v) is 9.02. The smallest absolute Gasteiger partial charge is 0.261 e. The van der Waals surface area contributed by atoms with Gasteiger partial charge >= 0.3 is 0 Å². The molecule has 0 aliphatic rings. The topological polar surface area (TPSA) is 58.6 Å². The molecular weight excluding hydrogens is 492 g/mol. The number of hydrogen-bond acceptors (Lipinski definition) is 3. The molecule has 6 heteroatoms. The minimum atomic E-state index is -0.662. The molecule has 0 aliphatic carbocycles. The van der Waals surface area contributed by atoms with Gasteiger partial charge in [-0.05, 0) is 41.8 Å². The molecule has 0 saturated carbocycles. The molecule has 178 valence electrons. The van der Waals surface area contributed by atoms with E-state index in [0.29, 0.717) is 25.3 Å². The quantitative estimate of drug-likeness (QED) is 0.324. The van der Waals surface area contributed by atoms with E-state index in [0.717, 1.165) is 28.4 Å². The standard InChI is InChI=1S/C28H31BrN2O3/c1-2-3-17-30-28(33)26(19-22-11-6-4-7-12-22)31(20-23-13-10-14-24(29)18-23)27(32)21-34-25-15-8-5-9-16-25/h4-16,18,26H,2-3,17,19-21H2,1H3,(H,30,33)/t26-/m1/s1. The van der Waals surface area contributed by atoms with Crippen molar-refractivity contribution in [1.29, 1.82) is 0 Å². The number of unbranched alkanes of at least 4 members (excludes halogenated alkanes) is 1. The number of nitrogens with zero attached hydrogens (tertiary/aromatic N) is 1. The molecule has 0 aliphatic heterocycles. The highest BCUT2D eigenvalue weighted by molar-refractivity contribution is 9.10. The molecule has 1 atom stereocenters. The number of benzene rings is 3.